The van der Waals surface area contributed by atoms with Gasteiger partial charge in [0.1, 0.15) is 5.82 Å². The van der Waals surface area contributed by atoms with Crippen LogP contribution in [-0.4, -0.2) is 19.0 Å². The molecule has 0 saturated carbocycles. The molecule has 1 amide bonds. The number of carbonyl (C=O) groups excluding carboxylic acids is 1. The van der Waals surface area contributed by atoms with Crippen LogP contribution in [0, 0.1) is 11.7 Å². The molecule has 1 rings (SSSR count). The van der Waals surface area contributed by atoms with E-state index in [9.17, 15) is 9.18 Å². The Morgan fingerprint density at radius 2 is 2.11 bits per heavy atom. The monoisotopic (exact) mass is 252 g/mol. The molecular weight excluding hydrogens is 231 g/mol. The largest absolute Gasteiger partial charge is 0.326 e. The lowest BCUT2D eigenvalue weighted by atomic mass is 10.1. The van der Waals surface area contributed by atoms with Crippen LogP contribution in [0.15, 0.2) is 24.3 Å². The number of nitrogens with one attached hydrogen (secondary N) is 2. The lowest BCUT2D eigenvalue weighted by Gasteiger charge is -2.07. The summed E-state index contributed by atoms with van der Waals surface area (Å²) in [5, 5.41) is 5.87. The van der Waals surface area contributed by atoms with Crippen LogP contribution < -0.4 is 10.6 Å². The van der Waals surface area contributed by atoms with Crippen LogP contribution in [0.3, 0.4) is 0 Å². The van der Waals surface area contributed by atoms with Gasteiger partial charge in [-0.25, -0.2) is 4.39 Å². The van der Waals surface area contributed by atoms with Crippen LogP contribution in [0.1, 0.15) is 26.7 Å². The summed E-state index contributed by atoms with van der Waals surface area (Å²) in [6, 6.07) is 5.91. The molecule has 0 spiro atoms. The standard InChI is InChI=1S/C14H21FN2O/c1-11(2)6-8-16-9-7-14(18)17-13-5-3-4-12(15)10-13/h3-5,10-11,16H,6-9H2,1-2H3,(H,17,18). The zero-order valence-electron chi connectivity index (χ0n) is 11.0. The van der Waals surface area contributed by atoms with Gasteiger partial charge in [-0.2, -0.15) is 0 Å². The highest BCUT2D eigenvalue weighted by Crippen LogP contribution is 2.09. The average molecular weight is 252 g/mol. The Balaban J connectivity index is 2.18. The molecule has 0 aliphatic carbocycles. The van der Waals surface area contributed by atoms with Crippen molar-refractivity contribution in [1.82, 2.24) is 5.32 Å². The van der Waals surface area contributed by atoms with Gasteiger partial charge >= 0.3 is 0 Å². The normalized spacial score (nSPS) is 10.7. The van der Waals surface area contributed by atoms with Crippen LogP contribution in [0.2, 0.25) is 0 Å². The zero-order valence-corrected chi connectivity index (χ0v) is 11.0. The summed E-state index contributed by atoms with van der Waals surface area (Å²) < 4.78 is 12.9. The van der Waals surface area contributed by atoms with Gasteiger partial charge in [0.2, 0.25) is 5.91 Å². The molecule has 100 valence electrons. The first kappa shape index (κ1) is 14.6. The smallest absolute Gasteiger partial charge is 0.225 e. The predicted molar refractivity (Wildman–Crippen MR) is 72.0 cm³/mol. The van der Waals surface area contributed by atoms with E-state index in [0.29, 0.717) is 24.6 Å². The van der Waals surface area contributed by atoms with Crippen LogP contribution in [0.4, 0.5) is 10.1 Å². The summed E-state index contributed by atoms with van der Waals surface area (Å²) in [6.07, 6.45) is 1.50. The topological polar surface area (TPSA) is 41.1 Å². The number of halogens is 1. The first-order valence-corrected chi connectivity index (χ1v) is 6.34. The Morgan fingerprint density at radius 3 is 2.78 bits per heavy atom. The number of hydrogen-bond acceptors (Lipinski definition) is 2. The summed E-state index contributed by atoms with van der Waals surface area (Å²) in [5.74, 6) is 0.221. The van der Waals surface area contributed by atoms with Gasteiger partial charge in [-0.15, -0.1) is 0 Å². The molecule has 4 heteroatoms. The van der Waals surface area contributed by atoms with Gasteiger partial charge < -0.3 is 10.6 Å². The molecule has 0 radical (unpaired) electrons. The van der Waals surface area contributed by atoms with Crippen molar-refractivity contribution in [3.05, 3.63) is 30.1 Å². The quantitative estimate of drug-likeness (QED) is 0.733. The molecular formula is C14H21FN2O. The first-order chi connectivity index (χ1) is 8.58. The van der Waals surface area contributed by atoms with Crippen molar-refractivity contribution in [2.24, 2.45) is 5.92 Å². The molecule has 18 heavy (non-hydrogen) atoms. The Hall–Kier alpha value is -1.42. The molecule has 0 aromatic heterocycles. The number of amides is 1. The van der Waals surface area contributed by atoms with Crippen molar-refractivity contribution < 1.29 is 9.18 Å². The summed E-state index contributed by atoms with van der Waals surface area (Å²) in [5.41, 5.74) is 0.502. The van der Waals surface area contributed by atoms with E-state index in [4.69, 9.17) is 0 Å². The highest BCUT2D eigenvalue weighted by atomic mass is 19.1. The number of anilines is 1. The fraction of sp³-hybridized carbons (Fsp3) is 0.500. The van der Waals surface area contributed by atoms with Gasteiger partial charge in [0.25, 0.3) is 0 Å². The molecule has 0 saturated heterocycles. The van der Waals surface area contributed by atoms with Crippen LogP contribution in [-0.2, 0) is 4.79 Å². The number of hydrogen-bond donors (Lipinski definition) is 2. The Kier molecular flexibility index (Phi) is 6.36. The third-order valence-corrected chi connectivity index (χ3v) is 2.54. The molecule has 2 N–H and O–H groups in total. The van der Waals surface area contributed by atoms with Gasteiger partial charge in [-0.1, -0.05) is 19.9 Å². The Bertz CT molecular complexity index is 380. The summed E-state index contributed by atoms with van der Waals surface area (Å²) in [7, 11) is 0. The predicted octanol–water partition coefficient (Wildman–Crippen LogP) is 2.79. The van der Waals surface area contributed by atoms with Gasteiger partial charge in [-0.05, 0) is 37.1 Å². The lowest BCUT2D eigenvalue weighted by molar-refractivity contribution is -0.116. The van der Waals surface area contributed by atoms with Crippen molar-refractivity contribution in [2.45, 2.75) is 26.7 Å². The second-order valence-electron chi connectivity index (χ2n) is 4.74. The summed E-state index contributed by atoms with van der Waals surface area (Å²) in [4.78, 5) is 11.5. The maximum absolute atomic E-state index is 12.9. The molecule has 1 aromatic carbocycles. The number of carbonyl (C=O) groups is 1. The minimum Gasteiger partial charge on any atom is -0.326 e. The van der Waals surface area contributed by atoms with E-state index in [-0.39, 0.29) is 11.7 Å². The molecule has 0 aliphatic rings. The second kappa shape index (κ2) is 7.82. The zero-order chi connectivity index (χ0) is 13.4. The minimum atomic E-state index is -0.345. The van der Waals surface area contributed by atoms with Crippen LogP contribution in [0.25, 0.3) is 0 Å². The van der Waals surface area contributed by atoms with Crippen LogP contribution >= 0.6 is 0 Å². The van der Waals surface area contributed by atoms with Gasteiger partial charge in [-0.3, -0.25) is 4.79 Å². The minimum absolute atomic E-state index is 0.0994. The van der Waals surface area contributed by atoms with E-state index < -0.39 is 0 Å². The van der Waals surface area contributed by atoms with E-state index in [1.807, 2.05) is 0 Å². The molecule has 1 aromatic rings. The molecule has 0 unspecified atom stereocenters. The molecule has 0 heterocycles. The highest BCUT2D eigenvalue weighted by molar-refractivity contribution is 5.90. The van der Waals surface area contributed by atoms with Crippen molar-refractivity contribution in [3.8, 4) is 0 Å². The second-order valence-corrected chi connectivity index (χ2v) is 4.74. The third-order valence-electron chi connectivity index (χ3n) is 2.54. The van der Waals surface area contributed by atoms with Gasteiger partial charge in [0.05, 0.1) is 0 Å². The molecule has 0 bridgehead atoms. The molecule has 0 atom stereocenters. The van der Waals surface area contributed by atoms with Crippen LogP contribution in [0.5, 0.6) is 0 Å². The lowest BCUT2D eigenvalue weighted by Crippen LogP contribution is -2.23. The molecule has 0 aliphatic heterocycles. The molecule has 3 nitrogen and oxygen atoms in total. The van der Waals surface area contributed by atoms with E-state index in [1.54, 1.807) is 12.1 Å². The fourth-order valence-corrected chi connectivity index (χ4v) is 1.51. The van der Waals surface area contributed by atoms with Crippen molar-refractivity contribution in [2.75, 3.05) is 18.4 Å². The van der Waals surface area contributed by atoms with Crippen molar-refractivity contribution in [3.63, 3.8) is 0 Å². The maximum atomic E-state index is 12.9. The van der Waals surface area contributed by atoms with Crippen molar-refractivity contribution >= 4 is 11.6 Å². The number of benzene rings is 1. The Morgan fingerprint density at radius 1 is 1.33 bits per heavy atom. The maximum Gasteiger partial charge on any atom is 0.225 e. The number of rotatable bonds is 7. The van der Waals surface area contributed by atoms with E-state index in [1.165, 1.54) is 12.1 Å². The third kappa shape index (κ3) is 6.35. The van der Waals surface area contributed by atoms with E-state index >= 15 is 0 Å². The first-order valence-electron chi connectivity index (χ1n) is 6.34. The van der Waals surface area contributed by atoms with Gasteiger partial charge in [0, 0.05) is 18.7 Å². The Labute approximate surface area is 108 Å². The molecule has 0 fully saturated rings. The summed E-state index contributed by atoms with van der Waals surface area (Å²) in [6.45, 7) is 5.90. The fourth-order valence-electron chi connectivity index (χ4n) is 1.51. The van der Waals surface area contributed by atoms with Crippen molar-refractivity contribution in [1.29, 1.82) is 0 Å². The van der Waals surface area contributed by atoms with Gasteiger partial charge in [0.15, 0.2) is 0 Å². The summed E-state index contributed by atoms with van der Waals surface area (Å²) >= 11 is 0. The highest BCUT2D eigenvalue weighted by Gasteiger charge is 2.02. The SMILES string of the molecule is CC(C)CCNCCC(=O)Nc1cccc(F)c1. The average Bonchev–Trinajstić information content (AvgIpc) is 2.28. The van der Waals surface area contributed by atoms with E-state index in [0.717, 1.165) is 13.0 Å². The van der Waals surface area contributed by atoms with E-state index in [2.05, 4.69) is 24.5 Å².